The van der Waals surface area contributed by atoms with Crippen LogP contribution in [0.3, 0.4) is 0 Å². The Morgan fingerprint density at radius 2 is 0.879 bits per heavy atom. The van der Waals surface area contributed by atoms with Crippen molar-refractivity contribution in [2.45, 2.75) is 23.9 Å². The molecule has 2 aliphatic heterocycles. The average Bonchev–Trinajstić information content (AvgIpc) is 3.57. The van der Waals surface area contributed by atoms with Crippen molar-refractivity contribution in [3.05, 3.63) is 245 Å². The van der Waals surface area contributed by atoms with Crippen molar-refractivity contribution in [1.29, 1.82) is 0 Å². The fourth-order valence-electron chi connectivity index (χ4n) is 9.57. The molecule has 280 valence electrons. The largest absolute Gasteiger partial charge is 0.310 e. The fraction of sp³-hybridized carbons (Fsp3) is 0.0769. The van der Waals surface area contributed by atoms with Gasteiger partial charge in [-0.1, -0.05) is 133 Å². The van der Waals surface area contributed by atoms with Gasteiger partial charge in [-0.15, -0.1) is 0 Å². The Kier molecular flexibility index (Phi) is 8.19. The van der Waals surface area contributed by atoms with Crippen LogP contribution in [0.2, 0.25) is 0 Å². The minimum Gasteiger partial charge on any atom is -0.310 e. The first kappa shape index (κ1) is 34.5. The lowest BCUT2D eigenvalue weighted by Crippen LogP contribution is -2.54. The first-order valence-electron chi connectivity index (χ1n) is 19.7. The van der Waals surface area contributed by atoms with Gasteiger partial charge in [0.25, 0.3) is 0 Å². The molecule has 2 atom stereocenters. The van der Waals surface area contributed by atoms with Crippen LogP contribution >= 0.6 is 0 Å². The highest BCUT2D eigenvalue weighted by Crippen LogP contribution is 2.63. The molecule has 0 radical (unpaired) electrons. The number of anilines is 3. The van der Waals surface area contributed by atoms with Crippen molar-refractivity contribution in [2.75, 3.05) is 4.90 Å². The highest BCUT2D eigenvalue weighted by atomic mass is 19.1. The predicted octanol–water partition coefficient (Wildman–Crippen LogP) is 12.0. The number of hydrogen-bond donors (Lipinski definition) is 3. The summed E-state index contributed by atoms with van der Waals surface area (Å²) in [7, 11) is 0. The van der Waals surface area contributed by atoms with Crippen molar-refractivity contribution in [1.82, 2.24) is 16.0 Å². The quantitative estimate of drug-likeness (QED) is 0.164. The number of benzene rings is 8. The third-order valence-electron chi connectivity index (χ3n) is 12.1. The standard InChI is InChI=1S/C52H38F2N4/c53-38-26-21-33(22-27-38)49-55-50(34-23-28-39(54)29-24-34)57-51(56-49)37-12-10-11-35(31-37)36-25-30-42-41-15-4-5-16-43(41)52(46(42)32-36)44-17-6-8-19-47(44)58(40-13-2-1-3-14-40)48-20-9-7-18-45(48)52/h1-32,49-51,55-57H. The summed E-state index contributed by atoms with van der Waals surface area (Å²) in [6, 6.07) is 66.0. The summed E-state index contributed by atoms with van der Waals surface area (Å²) < 4.78 is 28.0. The van der Waals surface area contributed by atoms with Crippen LogP contribution in [0.5, 0.6) is 0 Å². The Hall–Kier alpha value is -6.70. The maximum Gasteiger partial charge on any atom is 0.123 e. The zero-order valence-electron chi connectivity index (χ0n) is 31.4. The second-order valence-corrected chi connectivity index (χ2v) is 15.3. The van der Waals surface area contributed by atoms with E-state index < -0.39 is 5.41 Å². The molecule has 0 saturated carbocycles. The maximum absolute atomic E-state index is 14.0. The second kappa shape index (κ2) is 13.7. The van der Waals surface area contributed by atoms with Gasteiger partial charge in [0.15, 0.2) is 0 Å². The van der Waals surface area contributed by atoms with Gasteiger partial charge in [-0.2, -0.15) is 0 Å². The van der Waals surface area contributed by atoms with Crippen molar-refractivity contribution in [2.24, 2.45) is 0 Å². The van der Waals surface area contributed by atoms with Gasteiger partial charge in [0.2, 0.25) is 0 Å². The number of rotatable bonds is 5. The molecule has 1 saturated heterocycles. The molecule has 8 aromatic rings. The predicted molar refractivity (Wildman–Crippen MR) is 228 cm³/mol. The molecule has 8 aromatic carbocycles. The van der Waals surface area contributed by atoms with Crippen molar-refractivity contribution < 1.29 is 8.78 Å². The molecule has 58 heavy (non-hydrogen) atoms. The monoisotopic (exact) mass is 756 g/mol. The molecular weight excluding hydrogens is 719 g/mol. The molecule has 6 heteroatoms. The second-order valence-electron chi connectivity index (χ2n) is 15.3. The van der Waals surface area contributed by atoms with Crippen molar-refractivity contribution >= 4 is 17.1 Å². The summed E-state index contributed by atoms with van der Waals surface area (Å²) >= 11 is 0. The van der Waals surface area contributed by atoms with E-state index in [0.717, 1.165) is 44.9 Å². The summed E-state index contributed by atoms with van der Waals surface area (Å²) in [6.45, 7) is 0. The lowest BCUT2D eigenvalue weighted by Gasteiger charge is -2.45. The molecule has 11 rings (SSSR count). The summed E-state index contributed by atoms with van der Waals surface area (Å²) in [5.74, 6) is -0.574. The van der Waals surface area contributed by atoms with E-state index in [4.69, 9.17) is 0 Å². The number of nitrogens with zero attached hydrogens (tertiary/aromatic N) is 1. The van der Waals surface area contributed by atoms with Crippen LogP contribution in [0.4, 0.5) is 25.8 Å². The Balaban J connectivity index is 1.05. The summed E-state index contributed by atoms with van der Waals surface area (Å²) in [5, 5.41) is 11.0. The minimum atomic E-state index is -0.555. The normalized spacial score (nSPS) is 18.6. The van der Waals surface area contributed by atoms with Gasteiger partial charge >= 0.3 is 0 Å². The molecule has 3 N–H and O–H groups in total. The number of fused-ring (bicyclic) bond motifs is 9. The molecule has 0 bridgehead atoms. The van der Waals surface area contributed by atoms with Crippen LogP contribution < -0.4 is 20.9 Å². The van der Waals surface area contributed by atoms with Gasteiger partial charge in [0, 0.05) is 5.69 Å². The van der Waals surface area contributed by atoms with E-state index >= 15 is 0 Å². The van der Waals surface area contributed by atoms with Crippen molar-refractivity contribution in [3.63, 3.8) is 0 Å². The number of para-hydroxylation sites is 3. The average molecular weight is 757 g/mol. The smallest absolute Gasteiger partial charge is 0.123 e. The van der Waals surface area contributed by atoms with Gasteiger partial charge in [0.05, 0.1) is 35.3 Å². The molecule has 3 aliphatic rings. The highest BCUT2D eigenvalue weighted by molar-refractivity contribution is 5.96. The minimum absolute atomic E-state index is 0.280. The van der Waals surface area contributed by atoms with E-state index in [-0.39, 0.29) is 30.1 Å². The topological polar surface area (TPSA) is 39.3 Å². The number of halogens is 2. The molecule has 2 unspecified atom stereocenters. The molecular formula is C52H38F2N4. The third-order valence-corrected chi connectivity index (χ3v) is 12.1. The van der Waals surface area contributed by atoms with Crippen LogP contribution in [0.1, 0.15) is 57.4 Å². The molecule has 2 heterocycles. The van der Waals surface area contributed by atoms with Gasteiger partial charge < -0.3 is 4.90 Å². The Morgan fingerprint density at radius 1 is 0.379 bits per heavy atom. The number of nitrogens with one attached hydrogen (secondary N) is 3. The zero-order valence-corrected chi connectivity index (χ0v) is 31.4. The van der Waals surface area contributed by atoms with Crippen LogP contribution in [-0.2, 0) is 5.41 Å². The Morgan fingerprint density at radius 3 is 1.50 bits per heavy atom. The van der Waals surface area contributed by atoms with E-state index in [0.29, 0.717) is 0 Å². The van der Waals surface area contributed by atoms with E-state index in [1.807, 2.05) is 0 Å². The molecule has 0 amide bonds. The van der Waals surface area contributed by atoms with E-state index in [2.05, 4.69) is 166 Å². The third kappa shape index (κ3) is 5.45. The van der Waals surface area contributed by atoms with Crippen LogP contribution in [0, 0.1) is 11.6 Å². The molecule has 1 fully saturated rings. The summed E-state index contributed by atoms with van der Waals surface area (Å²) in [6.07, 6.45) is -0.881. The van der Waals surface area contributed by atoms with Gasteiger partial charge in [-0.3, -0.25) is 16.0 Å². The van der Waals surface area contributed by atoms with Crippen LogP contribution in [-0.4, -0.2) is 0 Å². The van der Waals surface area contributed by atoms with Crippen molar-refractivity contribution in [3.8, 4) is 22.3 Å². The fourth-order valence-corrected chi connectivity index (χ4v) is 9.57. The van der Waals surface area contributed by atoms with Gasteiger partial charge in [0.1, 0.15) is 11.6 Å². The first-order valence-corrected chi connectivity index (χ1v) is 19.7. The van der Waals surface area contributed by atoms with E-state index in [1.165, 1.54) is 57.6 Å². The van der Waals surface area contributed by atoms with Crippen LogP contribution in [0.15, 0.2) is 194 Å². The lowest BCUT2D eigenvalue weighted by atomic mass is 9.64. The van der Waals surface area contributed by atoms with Gasteiger partial charge in [-0.05, 0) is 122 Å². The van der Waals surface area contributed by atoms with Crippen LogP contribution in [0.25, 0.3) is 22.3 Å². The maximum atomic E-state index is 14.0. The Labute approximate surface area is 336 Å². The lowest BCUT2D eigenvalue weighted by molar-refractivity contribution is 0.203. The van der Waals surface area contributed by atoms with E-state index in [9.17, 15) is 8.78 Å². The first-order chi connectivity index (χ1) is 28.6. The molecule has 1 aliphatic carbocycles. The Bertz CT molecular complexity index is 2720. The molecule has 0 aromatic heterocycles. The van der Waals surface area contributed by atoms with E-state index in [1.54, 1.807) is 24.3 Å². The molecule has 1 spiro atoms. The summed E-state index contributed by atoms with van der Waals surface area (Å²) in [4.78, 5) is 2.40. The number of hydrogen-bond acceptors (Lipinski definition) is 4. The molecule has 4 nitrogen and oxygen atoms in total. The zero-order chi connectivity index (χ0) is 38.8. The summed E-state index contributed by atoms with van der Waals surface area (Å²) in [5.41, 5.74) is 15.5. The SMILES string of the molecule is Fc1ccc(C2NC(c3ccc(F)cc3)NC(c3cccc(-c4ccc5c(c4)C4(c6ccccc6-5)c5ccccc5N(c5ccccc5)c5ccccc54)c3)N2)cc1. The highest BCUT2D eigenvalue weighted by Gasteiger charge is 2.51. The van der Waals surface area contributed by atoms with Gasteiger partial charge in [-0.25, -0.2) is 8.78 Å².